The second-order valence-electron chi connectivity index (χ2n) is 10.2. The summed E-state index contributed by atoms with van der Waals surface area (Å²) in [5, 5.41) is 14.9. The molecule has 3 heterocycles. The summed E-state index contributed by atoms with van der Waals surface area (Å²) in [7, 11) is 1.15. The van der Waals surface area contributed by atoms with E-state index < -0.39 is 48.7 Å². The van der Waals surface area contributed by atoms with Crippen LogP contribution in [0.3, 0.4) is 0 Å². The first-order chi connectivity index (χ1) is 17.7. The minimum atomic E-state index is -3.22. The van der Waals surface area contributed by atoms with Crippen molar-refractivity contribution in [3.8, 4) is 0 Å². The standard InChI is InChI=1S/C25H26ClF3N4O4S/c1-24(2,3)17-10-38-21(31-17)20-30-15(9-33-11-25(28,29)8-16(33)22(34)35)18(23(36)37-4)19(32-20)13-6-5-12(27)7-14(13)26/h5-7,10,16,19H,8-9,11H2,1-4H3,(H,30,32)(H,34,35)/t16-,19-/m0/s1. The molecule has 0 saturated carbocycles. The number of rotatable bonds is 6. The van der Waals surface area contributed by atoms with Crippen molar-refractivity contribution in [3.05, 3.63) is 62.0 Å². The molecule has 1 aromatic carbocycles. The van der Waals surface area contributed by atoms with E-state index in [-0.39, 0.29) is 39.7 Å². The molecule has 2 atom stereocenters. The fourth-order valence-corrected chi connectivity index (χ4v) is 5.62. The van der Waals surface area contributed by atoms with Crippen LogP contribution in [0.15, 0.2) is 39.8 Å². The van der Waals surface area contributed by atoms with Gasteiger partial charge in [-0.1, -0.05) is 38.4 Å². The van der Waals surface area contributed by atoms with Gasteiger partial charge in [-0.25, -0.2) is 22.9 Å². The van der Waals surface area contributed by atoms with Crippen LogP contribution in [0.1, 0.15) is 49.5 Å². The molecular weight excluding hydrogens is 545 g/mol. The number of aliphatic imine (C=N–C) groups is 1. The van der Waals surface area contributed by atoms with Gasteiger partial charge in [0.25, 0.3) is 5.92 Å². The third-order valence-electron chi connectivity index (χ3n) is 6.28. The molecule has 204 valence electrons. The van der Waals surface area contributed by atoms with Gasteiger partial charge in [-0.05, 0) is 12.1 Å². The molecule has 0 bridgehead atoms. The number of aromatic nitrogens is 1. The van der Waals surface area contributed by atoms with E-state index in [4.69, 9.17) is 16.3 Å². The van der Waals surface area contributed by atoms with Crippen molar-refractivity contribution < 1.29 is 32.6 Å². The van der Waals surface area contributed by atoms with Gasteiger partial charge in [-0.3, -0.25) is 14.7 Å². The first kappa shape index (κ1) is 28.1. The van der Waals surface area contributed by atoms with E-state index in [0.29, 0.717) is 5.01 Å². The van der Waals surface area contributed by atoms with Gasteiger partial charge in [0.05, 0.1) is 24.9 Å². The van der Waals surface area contributed by atoms with E-state index in [9.17, 15) is 27.9 Å². The highest BCUT2D eigenvalue weighted by atomic mass is 35.5. The van der Waals surface area contributed by atoms with Crippen LogP contribution in [-0.4, -0.2) is 64.9 Å². The number of nitrogens with one attached hydrogen (secondary N) is 1. The molecule has 4 rings (SSSR count). The van der Waals surface area contributed by atoms with Crippen LogP contribution in [0.5, 0.6) is 0 Å². The van der Waals surface area contributed by atoms with Crippen molar-refractivity contribution in [2.24, 2.45) is 4.99 Å². The molecule has 1 saturated heterocycles. The number of carboxylic acids is 1. The number of aliphatic carboxylic acids is 1. The number of benzene rings is 1. The number of halogens is 4. The van der Waals surface area contributed by atoms with Crippen LogP contribution >= 0.6 is 22.9 Å². The number of hydrogen-bond donors (Lipinski definition) is 2. The Kier molecular flexibility index (Phi) is 7.61. The molecule has 0 unspecified atom stereocenters. The summed E-state index contributed by atoms with van der Waals surface area (Å²) < 4.78 is 47.3. The third-order valence-corrected chi connectivity index (χ3v) is 7.45. The summed E-state index contributed by atoms with van der Waals surface area (Å²) >= 11 is 7.64. The number of hydrogen-bond acceptors (Lipinski definition) is 8. The molecule has 13 heteroatoms. The lowest BCUT2D eigenvalue weighted by Gasteiger charge is -2.30. The molecule has 0 spiro atoms. The maximum atomic E-state index is 14.3. The van der Waals surface area contributed by atoms with E-state index in [0.717, 1.165) is 29.8 Å². The number of likely N-dealkylation sites (tertiary alicyclic amines) is 1. The molecular formula is C25H26ClF3N4O4S. The molecule has 0 radical (unpaired) electrons. The Morgan fingerprint density at radius 3 is 2.63 bits per heavy atom. The quantitative estimate of drug-likeness (QED) is 0.491. The smallest absolute Gasteiger partial charge is 0.338 e. The normalized spacial score (nSPS) is 21.7. The molecule has 2 N–H and O–H groups in total. The fourth-order valence-electron chi connectivity index (χ4n) is 4.35. The number of ether oxygens (including phenoxy) is 1. The number of amidine groups is 1. The van der Waals surface area contributed by atoms with E-state index in [1.54, 1.807) is 0 Å². The first-order valence-electron chi connectivity index (χ1n) is 11.6. The Morgan fingerprint density at radius 2 is 2.05 bits per heavy atom. The Balaban J connectivity index is 1.86. The molecule has 0 amide bonds. The Labute approximate surface area is 226 Å². The average Bonchev–Trinajstić information content (AvgIpc) is 3.43. The molecule has 0 aliphatic carbocycles. The third kappa shape index (κ3) is 5.71. The Hall–Kier alpha value is -2.96. The second-order valence-corrected chi connectivity index (χ2v) is 11.4. The van der Waals surface area contributed by atoms with Gasteiger partial charge >= 0.3 is 11.9 Å². The van der Waals surface area contributed by atoms with Crippen molar-refractivity contribution in [3.63, 3.8) is 0 Å². The fraction of sp³-hybridized carbons (Fsp3) is 0.440. The summed E-state index contributed by atoms with van der Waals surface area (Å²) in [5.74, 6) is -5.82. The first-order valence-corrected chi connectivity index (χ1v) is 12.9. The average molecular weight is 571 g/mol. The van der Waals surface area contributed by atoms with Crippen molar-refractivity contribution in [2.75, 3.05) is 20.2 Å². The van der Waals surface area contributed by atoms with Gasteiger partial charge in [0.1, 0.15) is 17.9 Å². The van der Waals surface area contributed by atoms with Crippen LogP contribution in [0.2, 0.25) is 5.02 Å². The van der Waals surface area contributed by atoms with Gasteiger partial charge in [0.2, 0.25) is 0 Å². The number of thiazole rings is 1. The van der Waals surface area contributed by atoms with Crippen molar-refractivity contribution in [2.45, 2.75) is 50.6 Å². The van der Waals surface area contributed by atoms with Crippen molar-refractivity contribution >= 4 is 40.7 Å². The highest BCUT2D eigenvalue weighted by Gasteiger charge is 2.49. The minimum Gasteiger partial charge on any atom is -0.480 e. The van der Waals surface area contributed by atoms with Gasteiger partial charge in [-0.15, -0.1) is 11.3 Å². The summed E-state index contributed by atoms with van der Waals surface area (Å²) in [6.07, 6.45) is -0.862. The molecule has 2 aliphatic rings. The van der Waals surface area contributed by atoms with Crippen LogP contribution in [-0.2, 0) is 19.7 Å². The second kappa shape index (κ2) is 10.3. The maximum absolute atomic E-state index is 14.3. The lowest BCUT2D eigenvalue weighted by Crippen LogP contribution is -2.43. The van der Waals surface area contributed by atoms with Crippen molar-refractivity contribution in [1.29, 1.82) is 0 Å². The molecule has 38 heavy (non-hydrogen) atoms. The van der Waals surface area contributed by atoms with E-state index in [2.05, 4.69) is 15.3 Å². The lowest BCUT2D eigenvalue weighted by atomic mass is 9.93. The number of alkyl halides is 2. The zero-order valence-electron chi connectivity index (χ0n) is 21.0. The molecule has 2 aromatic rings. The van der Waals surface area contributed by atoms with E-state index in [1.807, 2.05) is 26.2 Å². The molecule has 1 fully saturated rings. The number of nitrogens with zero attached hydrogens (tertiary/aromatic N) is 3. The minimum absolute atomic E-state index is 0.00797. The highest BCUT2D eigenvalue weighted by Crippen LogP contribution is 2.39. The SMILES string of the molecule is COC(=O)C1=C(CN2CC(F)(F)C[C@H]2C(=O)O)NC(c2nc(C(C)(C)C)cs2)=N[C@H]1c1ccc(F)cc1Cl. The number of carboxylic acid groups (broad SMARTS) is 1. The highest BCUT2D eigenvalue weighted by molar-refractivity contribution is 7.11. The predicted octanol–water partition coefficient (Wildman–Crippen LogP) is 4.55. The summed E-state index contributed by atoms with van der Waals surface area (Å²) in [4.78, 5) is 35.2. The summed E-state index contributed by atoms with van der Waals surface area (Å²) in [6.45, 7) is 4.81. The van der Waals surface area contributed by atoms with Crippen LogP contribution < -0.4 is 5.32 Å². The van der Waals surface area contributed by atoms with E-state index in [1.165, 1.54) is 17.4 Å². The zero-order valence-corrected chi connectivity index (χ0v) is 22.6. The molecule has 8 nitrogen and oxygen atoms in total. The maximum Gasteiger partial charge on any atom is 0.338 e. The number of carbonyl (C=O) groups is 2. The van der Waals surface area contributed by atoms with Gasteiger partial charge in [0, 0.05) is 40.0 Å². The summed E-state index contributed by atoms with van der Waals surface area (Å²) in [5.41, 5.74) is 0.849. The lowest BCUT2D eigenvalue weighted by molar-refractivity contribution is -0.142. The number of esters is 1. The van der Waals surface area contributed by atoms with Gasteiger partial charge in [-0.2, -0.15) is 0 Å². The van der Waals surface area contributed by atoms with Crippen molar-refractivity contribution in [1.82, 2.24) is 15.2 Å². The number of methoxy groups -OCH3 is 1. The molecule has 1 aromatic heterocycles. The Bertz CT molecular complexity index is 1340. The number of carbonyl (C=O) groups excluding carboxylic acids is 1. The molecule has 2 aliphatic heterocycles. The van der Waals surface area contributed by atoms with E-state index >= 15 is 0 Å². The van der Waals surface area contributed by atoms with Gasteiger partial charge in [0.15, 0.2) is 10.8 Å². The summed E-state index contributed by atoms with van der Waals surface area (Å²) in [6, 6.07) is 1.04. The monoisotopic (exact) mass is 570 g/mol. The predicted molar refractivity (Wildman–Crippen MR) is 136 cm³/mol. The Morgan fingerprint density at radius 1 is 1.34 bits per heavy atom. The zero-order chi connectivity index (χ0) is 28.0. The topological polar surface area (TPSA) is 104 Å². The largest absolute Gasteiger partial charge is 0.480 e. The van der Waals surface area contributed by atoms with Crippen LogP contribution in [0.25, 0.3) is 0 Å². The van der Waals surface area contributed by atoms with Gasteiger partial charge < -0.3 is 15.2 Å². The van der Waals surface area contributed by atoms with Crippen LogP contribution in [0, 0.1) is 5.82 Å². The van der Waals surface area contributed by atoms with Crippen LogP contribution in [0.4, 0.5) is 13.2 Å².